The number of hydrogen-bond acceptors (Lipinski definition) is 3. The van der Waals surface area contributed by atoms with Crippen LogP contribution in [0.15, 0.2) is 12.1 Å². The molecule has 3 rings (SSSR count). The van der Waals surface area contributed by atoms with Crippen LogP contribution in [0, 0.1) is 6.92 Å². The lowest BCUT2D eigenvalue weighted by atomic mass is 9.96. The third-order valence-electron chi connectivity index (χ3n) is 2.83. The average molecular weight is 190 g/mol. The Labute approximate surface area is 81.6 Å². The fourth-order valence-electron chi connectivity index (χ4n) is 2.15. The van der Waals surface area contributed by atoms with Crippen molar-refractivity contribution in [1.82, 2.24) is 0 Å². The zero-order chi connectivity index (χ0) is 9.71. The molecule has 0 spiro atoms. The Morgan fingerprint density at radius 3 is 3.14 bits per heavy atom. The summed E-state index contributed by atoms with van der Waals surface area (Å²) in [6, 6.07) is 3.82. The van der Waals surface area contributed by atoms with Crippen LogP contribution in [0.3, 0.4) is 0 Å². The first-order valence-corrected chi connectivity index (χ1v) is 4.74. The highest BCUT2D eigenvalue weighted by Crippen LogP contribution is 2.43. The molecule has 3 heteroatoms. The Bertz CT molecular complexity index is 423. The fourth-order valence-corrected chi connectivity index (χ4v) is 2.15. The largest absolute Gasteiger partial charge is 0.493 e. The van der Waals surface area contributed by atoms with Crippen molar-refractivity contribution in [3.63, 3.8) is 0 Å². The summed E-state index contributed by atoms with van der Waals surface area (Å²) >= 11 is 0. The predicted molar refractivity (Wildman–Crippen MR) is 49.4 cm³/mol. The molecule has 72 valence electrons. The van der Waals surface area contributed by atoms with Gasteiger partial charge in [-0.25, -0.2) is 4.79 Å². The maximum atomic E-state index is 11.6. The Balaban J connectivity index is 2.31. The van der Waals surface area contributed by atoms with Crippen LogP contribution in [0.2, 0.25) is 0 Å². The van der Waals surface area contributed by atoms with Crippen LogP contribution in [0.5, 0.6) is 5.75 Å². The maximum Gasteiger partial charge on any atom is 0.339 e. The fraction of sp³-hybridized carbons (Fsp3) is 0.364. The number of rotatable bonds is 0. The summed E-state index contributed by atoms with van der Waals surface area (Å²) in [5.74, 6) is 0.613. The molecule has 0 aromatic heterocycles. The second-order valence-corrected chi connectivity index (χ2v) is 3.70. The van der Waals surface area contributed by atoms with Gasteiger partial charge in [0.2, 0.25) is 0 Å². The van der Waals surface area contributed by atoms with Crippen LogP contribution in [0.25, 0.3) is 0 Å². The second kappa shape index (κ2) is 2.50. The number of hydrogen-bond donors (Lipinski definition) is 0. The SMILES string of the molecule is Cc1ccc2c3c1C(=O)O[C@H]3CCO2. The molecule has 2 aliphatic rings. The third-order valence-corrected chi connectivity index (χ3v) is 2.83. The molecule has 2 heterocycles. The summed E-state index contributed by atoms with van der Waals surface area (Å²) in [6.07, 6.45) is 0.705. The van der Waals surface area contributed by atoms with Crippen LogP contribution < -0.4 is 4.74 Å². The van der Waals surface area contributed by atoms with E-state index in [9.17, 15) is 4.79 Å². The van der Waals surface area contributed by atoms with Crippen LogP contribution >= 0.6 is 0 Å². The first-order chi connectivity index (χ1) is 6.77. The zero-order valence-electron chi connectivity index (χ0n) is 7.87. The summed E-state index contributed by atoms with van der Waals surface area (Å²) < 4.78 is 10.8. The van der Waals surface area contributed by atoms with E-state index in [1.807, 2.05) is 19.1 Å². The molecule has 1 aromatic rings. The summed E-state index contributed by atoms with van der Waals surface area (Å²) in [5, 5.41) is 0. The quantitative estimate of drug-likeness (QED) is 0.587. The van der Waals surface area contributed by atoms with Crippen LogP contribution in [-0.4, -0.2) is 12.6 Å². The molecule has 0 aliphatic carbocycles. The lowest BCUT2D eigenvalue weighted by Gasteiger charge is -2.20. The predicted octanol–water partition coefficient (Wildman–Crippen LogP) is 1.99. The van der Waals surface area contributed by atoms with Crippen molar-refractivity contribution in [2.45, 2.75) is 19.4 Å². The van der Waals surface area contributed by atoms with E-state index in [-0.39, 0.29) is 12.1 Å². The van der Waals surface area contributed by atoms with Crippen molar-refractivity contribution in [3.05, 3.63) is 28.8 Å². The van der Waals surface area contributed by atoms with E-state index >= 15 is 0 Å². The third kappa shape index (κ3) is 0.842. The van der Waals surface area contributed by atoms with Gasteiger partial charge < -0.3 is 9.47 Å². The lowest BCUT2D eigenvalue weighted by molar-refractivity contribution is 0.0303. The summed E-state index contributed by atoms with van der Waals surface area (Å²) in [7, 11) is 0. The first-order valence-electron chi connectivity index (χ1n) is 4.74. The molecule has 0 N–H and O–H groups in total. The van der Waals surface area contributed by atoms with Gasteiger partial charge in [-0.15, -0.1) is 0 Å². The number of benzene rings is 1. The number of esters is 1. The van der Waals surface area contributed by atoms with Gasteiger partial charge in [0.1, 0.15) is 11.9 Å². The van der Waals surface area contributed by atoms with Crippen molar-refractivity contribution in [3.8, 4) is 5.75 Å². The smallest absolute Gasteiger partial charge is 0.339 e. The molecule has 1 atom stereocenters. The average Bonchev–Trinajstić information content (AvgIpc) is 2.51. The summed E-state index contributed by atoms with van der Waals surface area (Å²) in [6.45, 7) is 2.56. The van der Waals surface area contributed by atoms with Gasteiger partial charge in [-0.05, 0) is 18.6 Å². The van der Waals surface area contributed by atoms with Crippen molar-refractivity contribution >= 4 is 5.97 Å². The van der Waals surface area contributed by atoms with Crippen molar-refractivity contribution in [2.75, 3.05) is 6.61 Å². The number of ether oxygens (including phenoxy) is 2. The van der Waals surface area contributed by atoms with Crippen molar-refractivity contribution < 1.29 is 14.3 Å². The Kier molecular flexibility index (Phi) is 1.40. The molecule has 14 heavy (non-hydrogen) atoms. The van der Waals surface area contributed by atoms with Gasteiger partial charge >= 0.3 is 5.97 Å². The van der Waals surface area contributed by atoms with Crippen LogP contribution in [0.1, 0.15) is 34.0 Å². The molecule has 0 unspecified atom stereocenters. The molecule has 0 saturated heterocycles. The monoisotopic (exact) mass is 190 g/mol. The van der Waals surface area contributed by atoms with Gasteiger partial charge in [-0.1, -0.05) is 6.07 Å². The molecule has 0 saturated carbocycles. The minimum atomic E-state index is -0.199. The van der Waals surface area contributed by atoms with E-state index in [1.54, 1.807) is 0 Å². The minimum absolute atomic E-state index is 0.0684. The minimum Gasteiger partial charge on any atom is -0.493 e. The van der Waals surface area contributed by atoms with E-state index in [1.165, 1.54) is 0 Å². The summed E-state index contributed by atoms with van der Waals surface area (Å²) in [4.78, 5) is 11.6. The molecular formula is C11H10O3. The molecular weight excluding hydrogens is 180 g/mol. The van der Waals surface area contributed by atoms with Crippen LogP contribution in [0.4, 0.5) is 0 Å². The van der Waals surface area contributed by atoms with Crippen molar-refractivity contribution in [2.24, 2.45) is 0 Å². The van der Waals surface area contributed by atoms with Gasteiger partial charge in [-0.3, -0.25) is 0 Å². The van der Waals surface area contributed by atoms with E-state index < -0.39 is 0 Å². The van der Waals surface area contributed by atoms with Gasteiger partial charge in [0.15, 0.2) is 0 Å². The molecule has 0 bridgehead atoms. The van der Waals surface area contributed by atoms with Gasteiger partial charge in [0.05, 0.1) is 12.2 Å². The van der Waals surface area contributed by atoms with Gasteiger partial charge in [0.25, 0.3) is 0 Å². The molecule has 3 nitrogen and oxygen atoms in total. The molecule has 1 aromatic carbocycles. The highest BCUT2D eigenvalue weighted by molar-refractivity contribution is 5.96. The maximum absolute atomic E-state index is 11.6. The first kappa shape index (κ1) is 7.85. The Morgan fingerprint density at radius 1 is 1.43 bits per heavy atom. The van der Waals surface area contributed by atoms with Crippen LogP contribution in [-0.2, 0) is 4.74 Å². The highest BCUT2D eigenvalue weighted by atomic mass is 16.6. The zero-order valence-corrected chi connectivity index (χ0v) is 7.87. The van der Waals surface area contributed by atoms with E-state index in [4.69, 9.17) is 9.47 Å². The molecule has 2 aliphatic heterocycles. The topological polar surface area (TPSA) is 35.5 Å². The summed E-state index contributed by atoms with van der Waals surface area (Å²) in [5.41, 5.74) is 2.65. The van der Waals surface area contributed by atoms with Crippen molar-refractivity contribution in [1.29, 1.82) is 0 Å². The highest BCUT2D eigenvalue weighted by Gasteiger charge is 2.37. The standard InChI is InChI=1S/C11H10O3/c1-6-2-3-7-10-8(4-5-13-7)14-11(12)9(6)10/h2-3,8H,4-5H2,1H3/t8-/m0/s1. The van der Waals surface area contributed by atoms with E-state index in [0.29, 0.717) is 12.2 Å². The van der Waals surface area contributed by atoms with Gasteiger partial charge in [0, 0.05) is 12.0 Å². The number of aryl methyl sites for hydroxylation is 1. The Morgan fingerprint density at radius 2 is 2.29 bits per heavy atom. The van der Waals surface area contributed by atoms with Gasteiger partial charge in [-0.2, -0.15) is 0 Å². The van der Waals surface area contributed by atoms with E-state index in [0.717, 1.165) is 23.3 Å². The number of carbonyl (C=O) groups excluding carboxylic acids is 1. The molecule has 0 fully saturated rings. The second-order valence-electron chi connectivity index (χ2n) is 3.70. The normalized spacial score (nSPS) is 22.6. The Hall–Kier alpha value is -1.51. The molecule has 0 radical (unpaired) electrons. The lowest BCUT2D eigenvalue weighted by Crippen LogP contribution is -2.12. The molecule has 0 amide bonds. The number of carbonyl (C=O) groups is 1. The van der Waals surface area contributed by atoms with E-state index in [2.05, 4.69) is 0 Å².